The van der Waals surface area contributed by atoms with E-state index in [0.29, 0.717) is 24.7 Å². The lowest BCUT2D eigenvalue weighted by molar-refractivity contribution is 0.0696. The van der Waals surface area contributed by atoms with Crippen LogP contribution in [-0.2, 0) is 10.0 Å². The summed E-state index contributed by atoms with van der Waals surface area (Å²) < 4.78 is 27.4. The van der Waals surface area contributed by atoms with Crippen molar-refractivity contribution in [2.75, 3.05) is 20.1 Å². The van der Waals surface area contributed by atoms with Crippen molar-refractivity contribution in [1.29, 1.82) is 0 Å². The molecular weight excluding hydrogens is 316 g/mol. The number of carbonyl (C=O) groups is 1. The highest BCUT2D eigenvalue weighted by molar-refractivity contribution is 7.89. The van der Waals surface area contributed by atoms with Gasteiger partial charge in [-0.25, -0.2) is 17.9 Å². The standard InChI is InChI=1S/C16H24N2O4S/c1-12-7-8-13(16(19)20)11-15(12)23(21,22)17-9-10-18(2)14-5-3-4-6-14/h7-8,11,14,17H,3-6,9-10H2,1-2H3,(H,19,20). The van der Waals surface area contributed by atoms with E-state index < -0.39 is 16.0 Å². The molecule has 1 saturated carbocycles. The lowest BCUT2D eigenvalue weighted by Crippen LogP contribution is -2.37. The minimum absolute atomic E-state index is 0.0286. The van der Waals surface area contributed by atoms with Gasteiger partial charge in [0.05, 0.1) is 10.5 Å². The fourth-order valence-corrected chi connectivity index (χ4v) is 4.27. The van der Waals surface area contributed by atoms with Crippen molar-refractivity contribution in [3.05, 3.63) is 29.3 Å². The molecule has 6 nitrogen and oxygen atoms in total. The Morgan fingerprint density at radius 2 is 2.00 bits per heavy atom. The Morgan fingerprint density at radius 1 is 1.35 bits per heavy atom. The van der Waals surface area contributed by atoms with Gasteiger partial charge in [-0.15, -0.1) is 0 Å². The minimum atomic E-state index is -3.71. The number of carboxylic acid groups (broad SMARTS) is 1. The number of likely N-dealkylation sites (N-methyl/N-ethyl adjacent to an activating group) is 1. The van der Waals surface area contributed by atoms with Crippen LogP contribution in [0.1, 0.15) is 41.6 Å². The summed E-state index contributed by atoms with van der Waals surface area (Å²) in [6.45, 7) is 2.61. The van der Waals surface area contributed by atoms with Gasteiger partial charge < -0.3 is 10.0 Å². The number of sulfonamides is 1. The van der Waals surface area contributed by atoms with Crippen molar-refractivity contribution in [2.24, 2.45) is 0 Å². The van der Waals surface area contributed by atoms with Crippen molar-refractivity contribution in [3.63, 3.8) is 0 Å². The molecule has 0 bridgehead atoms. The van der Waals surface area contributed by atoms with E-state index in [1.54, 1.807) is 6.92 Å². The van der Waals surface area contributed by atoms with E-state index in [2.05, 4.69) is 9.62 Å². The van der Waals surface area contributed by atoms with Gasteiger partial charge in [-0.05, 0) is 44.5 Å². The van der Waals surface area contributed by atoms with Crippen molar-refractivity contribution in [2.45, 2.75) is 43.5 Å². The van der Waals surface area contributed by atoms with Gasteiger partial charge in [-0.2, -0.15) is 0 Å². The molecule has 0 atom stereocenters. The smallest absolute Gasteiger partial charge is 0.335 e. The molecule has 7 heteroatoms. The molecule has 1 fully saturated rings. The van der Waals surface area contributed by atoms with Crippen LogP contribution in [-0.4, -0.2) is 50.6 Å². The fourth-order valence-electron chi connectivity index (χ4n) is 2.98. The Balaban J connectivity index is 2.01. The van der Waals surface area contributed by atoms with Crippen LogP contribution in [0.15, 0.2) is 23.1 Å². The number of aromatic carboxylic acids is 1. The summed E-state index contributed by atoms with van der Waals surface area (Å²) in [5.41, 5.74) is 0.505. The van der Waals surface area contributed by atoms with Gasteiger partial charge in [-0.3, -0.25) is 0 Å². The maximum Gasteiger partial charge on any atom is 0.335 e. The molecule has 0 saturated heterocycles. The Labute approximate surface area is 137 Å². The van der Waals surface area contributed by atoms with Crippen molar-refractivity contribution < 1.29 is 18.3 Å². The summed E-state index contributed by atoms with van der Waals surface area (Å²) in [5, 5.41) is 9.01. The number of nitrogens with one attached hydrogen (secondary N) is 1. The van der Waals surface area contributed by atoms with Gasteiger partial charge in [0.1, 0.15) is 0 Å². The Hall–Kier alpha value is -1.44. The topological polar surface area (TPSA) is 86.7 Å². The molecule has 0 spiro atoms. The number of hydrogen-bond donors (Lipinski definition) is 2. The molecule has 2 N–H and O–H groups in total. The van der Waals surface area contributed by atoms with Crippen LogP contribution in [0, 0.1) is 6.92 Å². The normalized spacial score (nSPS) is 16.1. The van der Waals surface area contributed by atoms with Gasteiger partial charge in [0.2, 0.25) is 10.0 Å². The number of carboxylic acids is 1. The molecule has 1 aliphatic carbocycles. The molecule has 128 valence electrons. The fraction of sp³-hybridized carbons (Fsp3) is 0.562. The summed E-state index contributed by atoms with van der Waals surface area (Å²) in [4.78, 5) is 13.2. The predicted molar refractivity (Wildman–Crippen MR) is 88.2 cm³/mol. The largest absolute Gasteiger partial charge is 0.478 e. The van der Waals surface area contributed by atoms with Gasteiger partial charge in [0, 0.05) is 19.1 Å². The van der Waals surface area contributed by atoms with Gasteiger partial charge in [0.25, 0.3) is 0 Å². The molecule has 0 heterocycles. The van der Waals surface area contributed by atoms with E-state index in [1.165, 1.54) is 43.9 Å². The first kappa shape index (κ1) is 17.9. The van der Waals surface area contributed by atoms with E-state index in [1.807, 2.05) is 7.05 Å². The van der Waals surface area contributed by atoms with E-state index >= 15 is 0 Å². The second-order valence-electron chi connectivity index (χ2n) is 6.10. The SMILES string of the molecule is Cc1ccc(C(=O)O)cc1S(=O)(=O)NCCN(C)C1CCCC1. The molecule has 1 aliphatic rings. The summed E-state index contributed by atoms with van der Waals surface area (Å²) in [6.07, 6.45) is 4.82. The van der Waals surface area contributed by atoms with E-state index in [0.717, 1.165) is 0 Å². The average Bonchev–Trinajstić information content (AvgIpc) is 3.01. The van der Waals surface area contributed by atoms with Crippen LogP contribution >= 0.6 is 0 Å². The summed E-state index contributed by atoms with van der Waals surface area (Å²) in [5.74, 6) is -1.14. The zero-order valence-corrected chi connectivity index (χ0v) is 14.4. The van der Waals surface area contributed by atoms with Crippen LogP contribution in [0.3, 0.4) is 0 Å². The second-order valence-corrected chi connectivity index (χ2v) is 7.84. The number of benzene rings is 1. The summed E-state index contributed by atoms with van der Waals surface area (Å²) in [6, 6.07) is 4.67. The Bertz CT molecular complexity index is 667. The number of aryl methyl sites for hydroxylation is 1. The first-order valence-corrected chi connectivity index (χ1v) is 9.33. The molecule has 0 amide bonds. The zero-order valence-electron chi connectivity index (χ0n) is 13.6. The lowest BCUT2D eigenvalue weighted by atomic mass is 10.1. The molecule has 1 aromatic rings. The first-order valence-electron chi connectivity index (χ1n) is 7.85. The maximum absolute atomic E-state index is 12.4. The average molecular weight is 340 g/mol. The third kappa shape index (κ3) is 4.53. The van der Waals surface area contributed by atoms with Gasteiger partial charge in [0.15, 0.2) is 0 Å². The molecule has 23 heavy (non-hydrogen) atoms. The third-order valence-electron chi connectivity index (χ3n) is 4.43. The molecule has 1 aromatic carbocycles. The van der Waals surface area contributed by atoms with Crippen LogP contribution < -0.4 is 4.72 Å². The molecule has 2 rings (SSSR count). The van der Waals surface area contributed by atoms with E-state index in [-0.39, 0.29) is 10.5 Å². The quantitative estimate of drug-likeness (QED) is 0.791. The van der Waals surface area contributed by atoms with E-state index in [4.69, 9.17) is 5.11 Å². The Morgan fingerprint density at radius 3 is 2.61 bits per heavy atom. The highest BCUT2D eigenvalue weighted by Crippen LogP contribution is 2.22. The molecular formula is C16H24N2O4S. The number of hydrogen-bond acceptors (Lipinski definition) is 4. The molecule has 0 aromatic heterocycles. The van der Waals surface area contributed by atoms with Crippen LogP contribution in [0.25, 0.3) is 0 Å². The third-order valence-corrected chi connectivity index (χ3v) is 6.03. The number of nitrogens with zero attached hydrogens (tertiary/aromatic N) is 1. The highest BCUT2D eigenvalue weighted by Gasteiger charge is 2.21. The van der Waals surface area contributed by atoms with Crippen molar-refractivity contribution >= 4 is 16.0 Å². The van der Waals surface area contributed by atoms with Crippen LogP contribution in [0.4, 0.5) is 0 Å². The zero-order chi connectivity index (χ0) is 17.0. The van der Waals surface area contributed by atoms with Crippen LogP contribution in [0.5, 0.6) is 0 Å². The molecule has 0 unspecified atom stereocenters. The second kappa shape index (κ2) is 7.42. The lowest BCUT2D eigenvalue weighted by Gasteiger charge is -2.24. The summed E-state index contributed by atoms with van der Waals surface area (Å²) in [7, 11) is -1.69. The maximum atomic E-state index is 12.4. The van der Waals surface area contributed by atoms with Crippen molar-refractivity contribution in [3.8, 4) is 0 Å². The molecule has 0 radical (unpaired) electrons. The monoisotopic (exact) mass is 340 g/mol. The minimum Gasteiger partial charge on any atom is -0.478 e. The highest BCUT2D eigenvalue weighted by atomic mass is 32.2. The first-order chi connectivity index (χ1) is 10.8. The van der Waals surface area contributed by atoms with Gasteiger partial charge >= 0.3 is 5.97 Å². The van der Waals surface area contributed by atoms with Gasteiger partial charge in [-0.1, -0.05) is 18.9 Å². The van der Waals surface area contributed by atoms with Crippen LogP contribution in [0.2, 0.25) is 0 Å². The van der Waals surface area contributed by atoms with E-state index in [9.17, 15) is 13.2 Å². The molecule has 0 aliphatic heterocycles. The predicted octanol–water partition coefficient (Wildman–Crippen LogP) is 1.85. The van der Waals surface area contributed by atoms with Crippen molar-refractivity contribution in [1.82, 2.24) is 9.62 Å². The summed E-state index contributed by atoms with van der Waals surface area (Å²) >= 11 is 0. The number of rotatable bonds is 7. The Kier molecular flexibility index (Phi) is 5.78.